The number of hydrogen-bond donors (Lipinski definition) is 0. The first-order valence-electron chi connectivity index (χ1n) is 13.4. The van der Waals surface area contributed by atoms with Crippen molar-refractivity contribution in [2.45, 2.75) is 63.7 Å². The molecule has 204 valence electrons. The van der Waals surface area contributed by atoms with Crippen LogP contribution in [0.25, 0.3) is 0 Å². The smallest absolute Gasteiger partial charge is 0.305 e. The highest BCUT2D eigenvalue weighted by Crippen LogP contribution is 2.34. The number of unbranched alkanes of at least 4 members (excludes halogenated alkanes) is 3. The Kier molecular flexibility index (Phi) is 11.2. The molecule has 1 saturated heterocycles. The van der Waals surface area contributed by atoms with Crippen LogP contribution in [0.15, 0.2) is 66.7 Å². The van der Waals surface area contributed by atoms with Gasteiger partial charge in [0.2, 0.25) is 11.7 Å². The molecule has 38 heavy (non-hydrogen) atoms. The molecule has 7 nitrogen and oxygen atoms in total. The van der Waals surface area contributed by atoms with E-state index in [1.165, 1.54) is 0 Å². The van der Waals surface area contributed by atoms with E-state index in [4.69, 9.17) is 14.2 Å². The standard InChI is InChI=1S/C31H39NO6/c1-4-38-30(35)17-10-5-6-11-22-32-27(19-21-29(32)34)18-20-28(33)24-13-12-16-26(23-24)31(36-2,37-3)25-14-8-7-9-15-25/h7-9,12-16,18,20,23,27H,4-6,10-11,17,19,21-22H2,1-3H3/b20-18+. The average Bonchev–Trinajstić information content (AvgIpc) is 3.30. The van der Waals surface area contributed by atoms with Crippen LogP contribution in [0.3, 0.4) is 0 Å². The maximum absolute atomic E-state index is 13.1. The minimum atomic E-state index is -1.13. The van der Waals surface area contributed by atoms with Gasteiger partial charge in [0.15, 0.2) is 5.78 Å². The second-order valence-electron chi connectivity index (χ2n) is 9.36. The zero-order valence-electron chi connectivity index (χ0n) is 22.7. The van der Waals surface area contributed by atoms with Crippen molar-refractivity contribution in [2.75, 3.05) is 27.4 Å². The van der Waals surface area contributed by atoms with Crippen LogP contribution in [0.5, 0.6) is 0 Å². The molecule has 0 spiro atoms. The molecule has 0 saturated carbocycles. The van der Waals surface area contributed by atoms with E-state index in [-0.39, 0.29) is 23.7 Å². The van der Waals surface area contributed by atoms with Crippen LogP contribution in [0.2, 0.25) is 0 Å². The predicted octanol–water partition coefficient (Wildman–Crippen LogP) is 5.42. The van der Waals surface area contributed by atoms with Crippen LogP contribution >= 0.6 is 0 Å². The molecule has 1 aliphatic rings. The van der Waals surface area contributed by atoms with Crippen molar-refractivity contribution in [1.29, 1.82) is 0 Å². The van der Waals surface area contributed by atoms with Gasteiger partial charge in [0.05, 0.1) is 12.6 Å². The monoisotopic (exact) mass is 521 g/mol. The van der Waals surface area contributed by atoms with Crippen LogP contribution in [0.4, 0.5) is 0 Å². The fourth-order valence-corrected chi connectivity index (χ4v) is 4.94. The van der Waals surface area contributed by atoms with Gasteiger partial charge in [0.1, 0.15) is 0 Å². The Labute approximate surface area is 225 Å². The molecule has 0 bridgehead atoms. The van der Waals surface area contributed by atoms with Crippen LogP contribution in [0, 0.1) is 0 Å². The summed E-state index contributed by atoms with van der Waals surface area (Å²) in [5.74, 6) is -1.31. The number of benzene rings is 2. The number of hydrogen-bond acceptors (Lipinski definition) is 6. The summed E-state index contributed by atoms with van der Waals surface area (Å²) in [6.07, 6.45) is 8.56. The molecule has 1 unspecified atom stereocenters. The first kappa shape index (κ1) is 29.3. The Morgan fingerprint density at radius 3 is 2.39 bits per heavy atom. The van der Waals surface area contributed by atoms with Crippen LogP contribution in [-0.2, 0) is 29.6 Å². The molecule has 1 atom stereocenters. The van der Waals surface area contributed by atoms with E-state index < -0.39 is 5.79 Å². The summed E-state index contributed by atoms with van der Waals surface area (Å²) in [5, 5.41) is 0. The summed E-state index contributed by atoms with van der Waals surface area (Å²) >= 11 is 0. The number of nitrogens with zero attached hydrogens (tertiary/aromatic N) is 1. The van der Waals surface area contributed by atoms with Crippen molar-refractivity contribution in [2.24, 2.45) is 0 Å². The number of methoxy groups -OCH3 is 2. The maximum atomic E-state index is 13.1. The van der Waals surface area contributed by atoms with Gasteiger partial charge in [-0.1, -0.05) is 67.4 Å². The van der Waals surface area contributed by atoms with Gasteiger partial charge in [0.25, 0.3) is 0 Å². The summed E-state index contributed by atoms with van der Waals surface area (Å²) in [4.78, 5) is 38.9. The van der Waals surface area contributed by atoms with Gasteiger partial charge in [-0.05, 0) is 38.3 Å². The Morgan fingerprint density at radius 1 is 0.974 bits per heavy atom. The number of esters is 1. The number of amides is 1. The third-order valence-corrected chi connectivity index (χ3v) is 6.94. The molecule has 2 aromatic carbocycles. The number of likely N-dealkylation sites (tertiary alicyclic amines) is 1. The molecule has 0 radical (unpaired) electrons. The van der Waals surface area contributed by atoms with Crippen LogP contribution < -0.4 is 0 Å². The van der Waals surface area contributed by atoms with E-state index >= 15 is 0 Å². The molecule has 1 aliphatic heterocycles. The lowest BCUT2D eigenvalue weighted by Crippen LogP contribution is -2.33. The Balaban J connectivity index is 1.61. The lowest BCUT2D eigenvalue weighted by Gasteiger charge is -2.32. The number of rotatable bonds is 15. The number of ether oxygens (including phenoxy) is 3. The first-order valence-corrected chi connectivity index (χ1v) is 13.4. The van der Waals surface area contributed by atoms with E-state index in [9.17, 15) is 14.4 Å². The zero-order valence-corrected chi connectivity index (χ0v) is 22.7. The Hall–Kier alpha value is -3.29. The molecule has 0 aliphatic carbocycles. The van der Waals surface area contributed by atoms with Gasteiger partial charge in [-0.3, -0.25) is 14.4 Å². The second kappa shape index (κ2) is 14.6. The average molecular weight is 522 g/mol. The molecule has 1 amide bonds. The van der Waals surface area contributed by atoms with Gasteiger partial charge in [0, 0.05) is 50.3 Å². The van der Waals surface area contributed by atoms with E-state index in [2.05, 4.69) is 0 Å². The van der Waals surface area contributed by atoms with Gasteiger partial charge >= 0.3 is 5.97 Å². The molecular formula is C31H39NO6. The molecule has 0 N–H and O–H groups in total. The highest BCUT2D eigenvalue weighted by atomic mass is 16.7. The van der Waals surface area contributed by atoms with E-state index in [1.807, 2.05) is 53.4 Å². The maximum Gasteiger partial charge on any atom is 0.305 e. The largest absolute Gasteiger partial charge is 0.466 e. The lowest BCUT2D eigenvalue weighted by atomic mass is 9.94. The minimum absolute atomic E-state index is 0.0875. The van der Waals surface area contributed by atoms with Crippen molar-refractivity contribution in [3.05, 3.63) is 83.4 Å². The SMILES string of the molecule is CCOC(=O)CCCCCCN1C(=O)CCC1/C=C/C(=O)c1cccc(C(OC)(OC)c2ccccc2)c1. The summed E-state index contributed by atoms with van der Waals surface area (Å²) in [6, 6.07) is 16.8. The third-order valence-electron chi connectivity index (χ3n) is 6.94. The number of ketones is 1. The summed E-state index contributed by atoms with van der Waals surface area (Å²) in [6.45, 7) is 2.87. The molecule has 1 heterocycles. The normalized spacial score (nSPS) is 15.8. The van der Waals surface area contributed by atoms with Crippen molar-refractivity contribution in [3.63, 3.8) is 0 Å². The van der Waals surface area contributed by atoms with E-state index in [1.54, 1.807) is 39.4 Å². The quantitative estimate of drug-likeness (QED) is 0.102. The van der Waals surface area contributed by atoms with Gasteiger partial charge in [-0.2, -0.15) is 0 Å². The van der Waals surface area contributed by atoms with Gasteiger partial charge in [-0.15, -0.1) is 0 Å². The predicted molar refractivity (Wildman–Crippen MR) is 146 cm³/mol. The Bertz CT molecular complexity index is 1090. The summed E-state index contributed by atoms with van der Waals surface area (Å²) in [5.41, 5.74) is 2.06. The van der Waals surface area contributed by atoms with Crippen molar-refractivity contribution < 1.29 is 28.6 Å². The number of carbonyl (C=O) groups is 3. The molecular weight excluding hydrogens is 482 g/mol. The molecule has 7 heteroatoms. The number of allylic oxidation sites excluding steroid dienone is 1. The van der Waals surface area contributed by atoms with Crippen molar-refractivity contribution >= 4 is 17.7 Å². The van der Waals surface area contributed by atoms with Crippen LogP contribution in [-0.4, -0.2) is 56.0 Å². The fourth-order valence-electron chi connectivity index (χ4n) is 4.94. The van der Waals surface area contributed by atoms with Crippen molar-refractivity contribution in [3.8, 4) is 0 Å². The second-order valence-corrected chi connectivity index (χ2v) is 9.36. The Morgan fingerprint density at radius 2 is 1.68 bits per heavy atom. The molecule has 1 fully saturated rings. The van der Waals surface area contributed by atoms with E-state index in [0.717, 1.165) is 31.2 Å². The lowest BCUT2D eigenvalue weighted by molar-refractivity contribution is -0.183. The highest BCUT2D eigenvalue weighted by Gasteiger charge is 2.35. The molecule has 2 aromatic rings. The van der Waals surface area contributed by atoms with Gasteiger partial charge in [-0.25, -0.2) is 0 Å². The topological polar surface area (TPSA) is 82.1 Å². The van der Waals surface area contributed by atoms with Crippen molar-refractivity contribution in [1.82, 2.24) is 4.90 Å². The van der Waals surface area contributed by atoms with Gasteiger partial charge < -0.3 is 19.1 Å². The number of carbonyl (C=O) groups excluding carboxylic acids is 3. The fraction of sp³-hybridized carbons (Fsp3) is 0.452. The van der Waals surface area contributed by atoms with E-state index in [0.29, 0.717) is 43.5 Å². The first-order chi connectivity index (χ1) is 18.4. The zero-order chi connectivity index (χ0) is 27.4. The third kappa shape index (κ3) is 7.39. The molecule has 3 rings (SSSR count). The molecule has 0 aromatic heterocycles. The summed E-state index contributed by atoms with van der Waals surface area (Å²) < 4.78 is 16.6. The highest BCUT2D eigenvalue weighted by molar-refractivity contribution is 6.04. The summed E-state index contributed by atoms with van der Waals surface area (Å²) in [7, 11) is 3.16. The minimum Gasteiger partial charge on any atom is -0.466 e. The van der Waals surface area contributed by atoms with Crippen LogP contribution in [0.1, 0.15) is 73.4 Å².